The number of aliphatic hydroxyl groups excluding tert-OH is 1. The van der Waals surface area contributed by atoms with Crippen LogP contribution in [0.25, 0.3) is 0 Å². The summed E-state index contributed by atoms with van der Waals surface area (Å²) in [6.45, 7) is 3.85. The summed E-state index contributed by atoms with van der Waals surface area (Å²) in [5, 5.41) is 16.5. The Morgan fingerprint density at radius 3 is 2.50 bits per heavy atom. The fourth-order valence-corrected chi connectivity index (χ4v) is 2.46. The summed E-state index contributed by atoms with van der Waals surface area (Å²) >= 11 is 0. The topological polar surface area (TPSA) is 65.9 Å². The first-order valence-corrected chi connectivity index (χ1v) is 9.30. The maximum Gasteiger partial charge on any atom is 0.191 e. The highest BCUT2D eigenvalue weighted by Crippen LogP contribution is 2.11. The minimum Gasteiger partial charge on any atom is -0.491 e. The zero-order valence-corrected chi connectivity index (χ0v) is 18.4. The van der Waals surface area contributed by atoms with Crippen LogP contribution in [0.2, 0.25) is 0 Å². The first kappa shape index (κ1) is 24.2. The average molecular weight is 501 g/mol. The van der Waals surface area contributed by atoms with E-state index in [1.165, 1.54) is 29.8 Å². The number of hydrogen-bond donors (Lipinski definition) is 3. The Hall–Kier alpha value is -1.87. The maximum atomic E-state index is 12.9. The van der Waals surface area contributed by atoms with Gasteiger partial charge in [-0.2, -0.15) is 0 Å². The number of aryl methyl sites for hydroxylation is 1. The van der Waals surface area contributed by atoms with Gasteiger partial charge < -0.3 is 20.5 Å². The average Bonchev–Trinajstić information content (AvgIpc) is 2.69. The molecule has 0 saturated heterocycles. The molecular formula is C21H29FIN3O2. The second-order valence-corrected chi connectivity index (χ2v) is 6.15. The summed E-state index contributed by atoms with van der Waals surface area (Å²) < 4.78 is 18.3. The molecule has 3 N–H and O–H groups in total. The number of hydrogen-bond acceptors (Lipinski definition) is 3. The van der Waals surface area contributed by atoms with Gasteiger partial charge in [-0.05, 0) is 49.6 Å². The third-order valence-electron chi connectivity index (χ3n) is 3.84. The highest BCUT2D eigenvalue weighted by molar-refractivity contribution is 14.0. The van der Waals surface area contributed by atoms with E-state index in [0.717, 1.165) is 25.9 Å². The van der Waals surface area contributed by atoms with Crippen LogP contribution in [0.4, 0.5) is 4.39 Å². The van der Waals surface area contributed by atoms with Crippen LogP contribution in [0.1, 0.15) is 18.9 Å². The SMILES string of the molecule is CCNC(=NCC(O)COc1ccc(F)cc1)NCCCc1ccccc1.I. The Morgan fingerprint density at radius 2 is 1.82 bits per heavy atom. The van der Waals surface area contributed by atoms with Crippen molar-refractivity contribution in [3.8, 4) is 5.75 Å². The van der Waals surface area contributed by atoms with Crippen LogP contribution in [0.15, 0.2) is 59.6 Å². The van der Waals surface area contributed by atoms with Crippen molar-refractivity contribution in [3.05, 3.63) is 66.0 Å². The molecule has 28 heavy (non-hydrogen) atoms. The van der Waals surface area contributed by atoms with Gasteiger partial charge in [-0.25, -0.2) is 4.39 Å². The van der Waals surface area contributed by atoms with Crippen molar-refractivity contribution in [1.82, 2.24) is 10.6 Å². The van der Waals surface area contributed by atoms with E-state index in [1.807, 2.05) is 25.1 Å². The molecule has 0 aliphatic rings. The van der Waals surface area contributed by atoms with Crippen molar-refractivity contribution in [2.24, 2.45) is 4.99 Å². The Kier molecular flexibility index (Phi) is 12.2. The number of ether oxygens (including phenoxy) is 1. The van der Waals surface area contributed by atoms with Gasteiger partial charge in [0.2, 0.25) is 0 Å². The van der Waals surface area contributed by atoms with Crippen LogP contribution in [-0.2, 0) is 6.42 Å². The Balaban J connectivity index is 0.00000392. The van der Waals surface area contributed by atoms with Gasteiger partial charge in [0.05, 0.1) is 6.54 Å². The van der Waals surface area contributed by atoms with E-state index in [0.29, 0.717) is 11.7 Å². The molecule has 1 atom stereocenters. The molecule has 0 amide bonds. The van der Waals surface area contributed by atoms with Crippen molar-refractivity contribution in [3.63, 3.8) is 0 Å². The van der Waals surface area contributed by atoms with Crippen molar-refractivity contribution < 1.29 is 14.2 Å². The van der Waals surface area contributed by atoms with Gasteiger partial charge in [0.15, 0.2) is 5.96 Å². The number of guanidine groups is 1. The summed E-state index contributed by atoms with van der Waals surface area (Å²) in [5.74, 6) is 0.873. The molecule has 5 nitrogen and oxygen atoms in total. The molecule has 0 saturated carbocycles. The first-order valence-electron chi connectivity index (χ1n) is 9.30. The van der Waals surface area contributed by atoms with Crippen molar-refractivity contribution in [2.45, 2.75) is 25.9 Å². The third kappa shape index (κ3) is 9.89. The van der Waals surface area contributed by atoms with Gasteiger partial charge >= 0.3 is 0 Å². The molecule has 1 unspecified atom stereocenters. The molecule has 0 aromatic heterocycles. The number of nitrogens with zero attached hydrogens (tertiary/aromatic N) is 1. The molecule has 0 spiro atoms. The molecule has 0 aliphatic heterocycles. The molecule has 0 heterocycles. The molecule has 7 heteroatoms. The quantitative estimate of drug-likeness (QED) is 0.202. The summed E-state index contributed by atoms with van der Waals surface area (Å²) in [4.78, 5) is 4.39. The molecule has 2 aromatic carbocycles. The first-order chi connectivity index (χ1) is 13.2. The van der Waals surface area contributed by atoms with E-state index in [1.54, 1.807) is 0 Å². The number of rotatable bonds is 10. The van der Waals surface area contributed by atoms with E-state index in [9.17, 15) is 9.50 Å². The molecule has 2 rings (SSSR count). The van der Waals surface area contributed by atoms with E-state index in [-0.39, 0.29) is 42.9 Å². The fourth-order valence-electron chi connectivity index (χ4n) is 2.46. The standard InChI is InChI=1S/C21H28FN3O2.HI/c1-2-23-21(24-14-6-9-17-7-4-3-5-8-17)25-15-19(26)16-27-20-12-10-18(22)11-13-20;/h3-5,7-8,10-13,19,26H,2,6,9,14-16H2,1H3,(H2,23,24,25);1H. The molecule has 0 bridgehead atoms. The van der Waals surface area contributed by atoms with Gasteiger partial charge in [0.25, 0.3) is 0 Å². The molecule has 2 aromatic rings. The number of aliphatic hydroxyl groups is 1. The molecule has 0 fully saturated rings. The zero-order chi connectivity index (χ0) is 19.3. The zero-order valence-electron chi connectivity index (χ0n) is 16.1. The minimum atomic E-state index is -0.741. The second kappa shape index (κ2) is 14.2. The lowest BCUT2D eigenvalue weighted by atomic mass is 10.1. The largest absolute Gasteiger partial charge is 0.491 e. The van der Waals surface area contributed by atoms with Crippen molar-refractivity contribution in [1.29, 1.82) is 0 Å². The van der Waals surface area contributed by atoms with Crippen molar-refractivity contribution in [2.75, 3.05) is 26.2 Å². The minimum absolute atomic E-state index is 0. The maximum absolute atomic E-state index is 12.9. The molecule has 0 aliphatic carbocycles. The number of halogens is 2. The van der Waals surface area contributed by atoms with Crippen LogP contribution < -0.4 is 15.4 Å². The normalized spacial score (nSPS) is 12.0. The second-order valence-electron chi connectivity index (χ2n) is 6.15. The van der Waals surface area contributed by atoms with Crippen LogP contribution in [0, 0.1) is 5.82 Å². The molecule has 154 valence electrons. The number of benzene rings is 2. The van der Waals surface area contributed by atoms with Crippen molar-refractivity contribution >= 4 is 29.9 Å². The van der Waals surface area contributed by atoms with Gasteiger partial charge in [0.1, 0.15) is 24.3 Å². The smallest absolute Gasteiger partial charge is 0.191 e. The summed E-state index contributed by atoms with van der Waals surface area (Å²) in [6, 6.07) is 16.1. The number of nitrogens with one attached hydrogen (secondary N) is 2. The van der Waals surface area contributed by atoms with E-state index in [4.69, 9.17) is 4.74 Å². The van der Waals surface area contributed by atoms with Gasteiger partial charge in [-0.15, -0.1) is 24.0 Å². The number of aliphatic imine (C=N–C) groups is 1. The van der Waals surface area contributed by atoms with E-state index < -0.39 is 6.10 Å². The Morgan fingerprint density at radius 1 is 1.11 bits per heavy atom. The molecule has 0 radical (unpaired) electrons. The lowest BCUT2D eigenvalue weighted by Gasteiger charge is -2.14. The summed E-state index contributed by atoms with van der Waals surface area (Å²) in [5.41, 5.74) is 1.31. The van der Waals surface area contributed by atoms with Crippen LogP contribution in [0.3, 0.4) is 0 Å². The lowest BCUT2D eigenvalue weighted by molar-refractivity contribution is 0.114. The predicted octanol–water partition coefficient (Wildman–Crippen LogP) is 3.37. The van der Waals surface area contributed by atoms with Crippen LogP contribution in [0.5, 0.6) is 5.75 Å². The highest BCUT2D eigenvalue weighted by Gasteiger charge is 2.06. The third-order valence-corrected chi connectivity index (χ3v) is 3.84. The van der Waals surface area contributed by atoms with Gasteiger partial charge in [-0.3, -0.25) is 4.99 Å². The Bertz CT molecular complexity index is 684. The lowest BCUT2D eigenvalue weighted by Crippen LogP contribution is -2.38. The van der Waals surface area contributed by atoms with Crippen LogP contribution in [-0.4, -0.2) is 43.4 Å². The van der Waals surface area contributed by atoms with Gasteiger partial charge in [0, 0.05) is 13.1 Å². The Labute approximate surface area is 183 Å². The van der Waals surface area contributed by atoms with Gasteiger partial charge in [-0.1, -0.05) is 30.3 Å². The summed E-state index contributed by atoms with van der Waals surface area (Å²) in [7, 11) is 0. The highest BCUT2D eigenvalue weighted by atomic mass is 127. The van der Waals surface area contributed by atoms with E-state index >= 15 is 0 Å². The summed E-state index contributed by atoms with van der Waals surface area (Å²) in [6.07, 6.45) is 1.25. The predicted molar refractivity (Wildman–Crippen MR) is 122 cm³/mol. The van der Waals surface area contributed by atoms with Crippen LogP contribution >= 0.6 is 24.0 Å². The monoisotopic (exact) mass is 501 g/mol. The molecular weight excluding hydrogens is 472 g/mol. The fraction of sp³-hybridized carbons (Fsp3) is 0.381. The van der Waals surface area contributed by atoms with E-state index in [2.05, 4.69) is 27.8 Å².